The maximum atomic E-state index is 11.5. The van der Waals surface area contributed by atoms with Crippen molar-refractivity contribution in [3.63, 3.8) is 0 Å². The van der Waals surface area contributed by atoms with Crippen molar-refractivity contribution < 1.29 is 9.90 Å². The van der Waals surface area contributed by atoms with Crippen LogP contribution in [0.25, 0.3) is 0 Å². The molecule has 3 heteroatoms. The molecule has 104 valence electrons. The zero-order chi connectivity index (χ0) is 14.3. The molecule has 3 nitrogen and oxygen atoms in total. The number of benzene rings is 1. The average molecular weight is 261 g/mol. The molecule has 2 rings (SSSR count). The summed E-state index contributed by atoms with van der Waals surface area (Å²) in [6, 6.07) is 8.37. The highest BCUT2D eigenvalue weighted by Gasteiger charge is 2.45. The predicted molar refractivity (Wildman–Crippen MR) is 76.5 cm³/mol. The van der Waals surface area contributed by atoms with Crippen LogP contribution < -0.4 is 5.32 Å². The number of nitrogens with one attached hydrogen (secondary N) is 1. The van der Waals surface area contributed by atoms with Gasteiger partial charge in [-0.15, -0.1) is 0 Å². The largest absolute Gasteiger partial charge is 0.480 e. The molecule has 0 saturated carbocycles. The summed E-state index contributed by atoms with van der Waals surface area (Å²) in [4.78, 5) is 11.5. The molecule has 2 atom stereocenters. The standard InChI is InChI=1S/C16H23NO2/c1-15(2,3)12-7-5-6-11(10-12)13-8-9-17-16(13,4)14(18)19/h5-7,10,13,17H,8-9H2,1-4H3,(H,18,19)/t13?,16-/m0/s1. The van der Waals surface area contributed by atoms with Crippen LogP contribution in [0.15, 0.2) is 24.3 Å². The van der Waals surface area contributed by atoms with Crippen molar-refractivity contribution in [3.05, 3.63) is 35.4 Å². The fourth-order valence-electron chi connectivity index (χ4n) is 2.83. The van der Waals surface area contributed by atoms with Crippen LogP contribution in [0.5, 0.6) is 0 Å². The Morgan fingerprint density at radius 3 is 2.68 bits per heavy atom. The van der Waals surface area contributed by atoms with E-state index in [2.05, 4.69) is 38.2 Å². The molecule has 0 radical (unpaired) electrons. The molecule has 0 aliphatic carbocycles. The minimum atomic E-state index is -0.851. The molecule has 2 N–H and O–H groups in total. The number of aliphatic carboxylic acids is 1. The van der Waals surface area contributed by atoms with Crippen molar-refractivity contribution in [1.82, 2.24) is 5.32 Å². The Kier molecular flexibility index (Phi) is 3.43. The molecular weight excluding hydrogens is 238 g/mol. The topological polar surface area (TPSA) is 49.3 Å². The van der Waals surface area contributed by atoms with Gasteiger partial charge < -0.3 is 10.4 Å². The van der Waals surface area contributed by atoms with Crippen LogP contribution in [-0.2, 0) is 10.2 Å². The Bertz CT molecular complexity index is 490. The predicted octanol–water partition coefficient (Wildman–Crippen LogP) is 2.90. The molecule has 1 aromatic carbocycles. The molecule has 1 heterocycles. The summed E-state index contributed by atoms with van der Waals surface area (Å²) < 4.78 is 0. The van der Waals surface area contributed by atoms with Crippen LogP contribution in [0.2, 0.25) is 0 Å². The van der Waals surface area contributed by atoms with E-state index in [9.17, 15) is 9.90 Å². The third kappa shape index (κ3) is 2.52. The Morgan fingerprint density at radius 2 is 2.11 bits per heavy atom. The van der Waals surface area contributed by atoms with Crippen LogP contribution in [0.3, 0.4) is 0 Å². The van der Waals surface area contributed by atoms with E-state index in [-0.39, 0.29) is 11.3 Å². The van der Waals surface area contributed by atoms with Crippen LogP contribution >= 0.6 is 0 Å². The van der Waals surface area contributed by atoms with Gasteiger partial charge in [0.2, 0.25) is 0 Å². The maximum Gasteiger partial charge on any atom is 0.324 e. The average Bonchev–Trinajstić information content (AvgIpc) is 2.72. The summed E-state index contributed by atoms with van der Waals surface area (Å²) in [5.74, 6) is -0.733. The Balaban J connectivity index is 2.40. The van der Waals surface area contributed by atoms with Crippen LogP contribution in [-0.4, -0.2) is 23.2 Å². The van der Waals surface area contributed by atoms with Gasteiger partial charge in [0.15, 0.2) is 0 Å². The highest BCUT2D eigenvalue weighted by atomic mass is 16.4. The van der Waals surface area contributed by atoms with Gasteiger partial charge in [0.05, 0.1) is 0 Å². The molecule has 1 aliphatic heterocycles. The minimum Gasteiger partial charge on any atom is -0.480 e. The summed E-state index contributed by atoms with van der Waals surface area (Å²) in [6.45, 7) is 9.07. The molecule has 19 heavy (non-hydrogen) atoms. The Morgan fingerprint density at radius 1 is 1.42 bits per heavy atom. The molecule has 1 aromatic rings. The summed E-state index contributed by atoms with van der Waals surface area (Å²) in [5, 5.41) is 12.6. The second-order valence-corrected chi connectivity index (χ2v) is 6.65. The van der Waals surface area contributed by atoms with Crippen molar-refractivity contribution in [2.75, 3.05) is 6.54 Å². The molecule has 0 aromatic heterocycles. The number of hydrogen-bond acceptors (Lipinski definition) is 2. The monoisotopic (exact) mass is 261 g/mol. The zero-order valence-electron chi connectivity index (χ0n) is 12.2. The van der Waals surface area contributed by atoms with Crippen molar-refractivity contribution in [2.24, 2.45) is 0 Å². The third-order valence-corrected chi connectivity index (χ3v) is 4.22. The van der Waals surface area contributed by atoms with E-state index < -0.39 is 11.5 Å². The minimum absolute atomic E-state index is 0.0345. The number of hydrogen-bond donors (Lipinski definition) is 2. The summed E-state index contributed by atoms with van der Waals surface area (Å²) in [7, 11) is 0. The summed E-state index contributed by atoms with van der Waals surface area (Å²) >= 11 is 0. The first-order valence-electron chi connectivity index (χ1n) is 6.84. The maximum absolute atomic E-state index is 11.5. The van der Waals surface area contributed by atoms with E-state index in [1.54, 1.807) is 6.92 Å². The highest BCUT2D eigenvalue weighted by Crippen LogP contribution is 2.37. The lowest BCUT2D eigenvalue weighted by molar-refractivity contribution is -0.144. The van der Waals surface area contributed by atoms with E-state index in [0.29, 0.717) is 0 Å². The molecule has 1 fully saturated rings. The smallest absolute Gasteiger partial charge is 0.324 e. The molecule has 0 amide bonds. The van der Waals surface area contributed by atoms with E-state index in [1.165, 1.54) is 5.56 Å². The molecular formula is C16H23NO2. The molecule has 1 unspecified atom stereocenters. The van der Waals surface area contributed by atoms with Gasteiger partial charge in [0.25, 0.3) is 0 Å². The van der Waals surface area contributed by atoms with Gasteiger partial charge in [-0.3, -0.25) is 4.79 Å². The van der Waals surface area contributed by atoms with Gasteiger partial charge in [-0.25, -0.2) is 0 Å². The van der Waals surface area contributed by atoms with Gasteiger partial charge in [-0.05, 0) is 36.4 Å². The SMILES string of the molecule is CC(C)(C)c1cccc(C2CCN[C@]2(C)C(=O)O)c1. The van der Waals surface area contributed by atoms with Crippen molar-refractivity contribution >= 4 is 5.97 Å². The quantitative estimate of drug-likeness (QED) is 0.860. The Hall–Kier alpha value is -1.35. The molecule has 0 bridgehead atoms. The fraction of sp³-hybridized carbons (Fsp3) is 0.562. The van der Waals surface area contributed by atoms with Crippen molar-refractivity contribution in [3.8, 4) is 0 Å². The van der Waals surface area contributed by atoms with Crippen LogP contribution in [0.4, 0.5) is 0 Å². The van der Waals surface area contributed by atoms with E-state index in [0.717, 1.165) is 18.5 Å². The van der Waals surface area contributed by atoms with E-state index >= 15 is 0 Å². The van der Waals surface area contributed by atoms with E-state index in [4.69, 9.17) is 0 Å². The first-order valence-corrected chi connectivity index (χ1v) is 6.84. The summed E-state index contributed by atoms with van der Waals surface area (Å²) in [5.41, 5.74) is 1.62. The summed E-state index contributed by atoms with van der Waals surface area (Å²) in [6.07, 6.45) is 0.871. The Labute approximate surface area is 115 Å². The second kappa shape index (κ2) is 4.64. The number of rotatable bonds is 2. The zero-order valence-corrected chi connectivity index (χ0v) is 12.2. The van der Waals surface area contributed by atoms with Gasteiger partial charge in [-0.2, -0.15) is 0 Å². The number of carboxylic acid groups (broad SMARTS) is 1. The molecule has 1 saturated heterocycles. The molecule has 1 aliphatic rings. The first kappa shape index (κ1) is 14.1. The lowest BCUT2D eigenvalue weighted by Gasteiger charge is -2.28. The second-order valence-electron chi connectivity index (χ2n) is 6.65. The number of carbonyl (C=O) groups is 1. The van der Waals surface area contributed by atoms with Crippen molar-refractivity contribution in [1.29, 1.82) is 0 Å². The molecule has 0 spiro atoms. The van der Waals surface area contributed by atoms with Gasteiger partial charge in [0.1, 0.15) is 5.54 Å². The van der Waals surface area contributed by atoms with Crippen LogP contribution in [0, 0.1) is 0 Å². The normalized spacial score (nSPS) is 27.5. The van der Waals surface area contributed by atoms with Crippen LogP contribution in [0.1, 0.15) is 51.2 Å². The highest BCUT2D eigenvalue weighted by molar-refractivity contribution is 5.80. The van der Waals surface area contributed by atoms with Gasteiger partial charge in [-0.1, -0.05) is 45.0 Å². The third-order valence-electron chi connectivity index (χ3n) is 4.22. The van der Waals surface area contributed by atoms with Crippen molar-refractivity contribution in [2.45, 2.75) is 51.0 Å². The fourth-order valence-corrected chi connectivity index (χ4v) is 2.83. The number of carboxylic acids is 1. The lowest BCUT2D eigenvalue weighted by atomic mass is 9.79. The lowest BCUT2D eigenvalue weighted by Crippen LogP contribution is -2.48. The van der Waals surface area contributed by atoms with Gasteiger partial charge in [0, 0.05) is 5.92 Å². The van der Waals surface area contributed by atoms with Gasteiger partial charge >= 0.3 is 5.97 Å². The first-order chi connectivity index (χ1) is 8.75. The van der Waals surface area contributed by atoms with E-state index in [1.807, 2.05) is 12.1 Å².